The number of anilines is 2. The van der Waals surface area contributed by atoms with Gasteiger partial charge in [-0.3, -0.25) is 29.3 Å². The summed E-state index contributed by atoms with van der Waals surface area (Å²) in [6.07, 6.45) is -0.0550. The minimum absolute atomic E-state index is 0.0550. The molecule has 4 aromatic carbocycles. The number of carbonyl (C=O) groups is 4. The first-order valence-corrected chi connectivity index (χ1v) is 14.7. The maximum absolute atomic E-state index is 14.0. The number of imide groups is 1. The van der Waals surface area contributed by atoms with Crippen LogP contribution in [0.4, 0.5) is 17.1 Å². The molecular weight excluding hydrogens is 574 g/mol. The van der Waals surface area contributed by atoms with Gasteiger partial charge >= 0.3 is 5.97 Å². The van der Waals surface area contributed by atoms with Crippen molar-refractivity contribution in [1.82, 2.24) is 0 Å². The second-order valence-electron chi connectivity index (χ2n) is 11.9. The van der Waals surface area contributed by atoms with Gasteiger partial charge < -0.3 is 9.64 Å². The molecule has 9 rings (SSSR count). The van der Waals surface area contributed by atoms with Gasteiger partial charge in [-0.05, 0) is 58.7 Å². The predicted molar refractivity (Wildman–Crippen MR) is 162 cm³/mol. The molecule has 2 bridgehead atoms. The number of nitrogens with zero attached hydrogens (tertiary/aromatic N) is 3. The monoisotopic (exact) mass is 599 g/mol. The molecule has 2 saturated heterocycles. The fraction of sp³-hybridized carbons (Fsp3) is 0.200. The van der Waals surface area contributed by atoms with Gasteiger partial charge in [0, 0.05) is 42.6 Å². The number of hydrogen-bond acceptors (Lipinski definition) is 7. The van der Waals surface area contributed by atoms with Crippen LogP contribution in [0.15, 0.2) is 97.1 Å². The van der Waals surface area contributed by atoms with Crippen molar-refractivity contribution >= 4 is 40.8 Å². The molecule has 3 aliphatic carbocycles. The fourth-order valence-electron chi connectivity index (χ4n) is 7.66. The number of non-ortho nitro benzene ring substituents is 1. The van der Waals surface area contributed by atoms with Crippen molar-refractivity contribution in [3.63, 3.8) is 0 Å². The van der Waals surface area contributed by atoms with Gasteiger partial charge in [0.25, 0.3) is 5.69 Å². The first-order chi connectivity index (χ1) is 21.8. The first kappa shape index (κ1) is 26.9. The number of nitro groups is 1. The van der Waals surface area contributed by atoms with Crippen LogP contribution in [-0.4, -0.2) is 35.2 Å². The van der Waals surface area contributed by atoms with Gasteiger partial charge in [0.15, 0.2) is 0 Å². The Hall–Kier alpha value is -5.64. The van der Waals surface area contributed by atoms with Crippen molar-refractivity contribution in [2.45, 2.75) is 18.3 Å². The summed E-state index contributed by atoms with van der Waals surface area (Å²) in [7, 11) is 0. The van der Waals surface area contributed by atoms with Crippen LogP contribution in [0.5, 0.6) is 5.75 Å². The van der Waals surface area contributed by atoms with Gasteiger partial charge in [-0.2, -0.15) is 0 Å². The van der Waals surface area contributed by atoms with Crippen molar-refractivity contribution < 1.29 is 28.8 Å². The number of ether oxygens (including phenoxy) is 1. The molecule has 4 aromatic rings. The lowest BCUT2D eigenvalue weighted by Gasteiger charge is -2.45. The summed E-state index contributed by atoms with van der Waals surface area (Å²) in [5.74, 6) is -3.24. The van der Waals surface area contributed by atoms with Gasteiger partial charge in [0.1, 0.15) is 5.75 Å². The molecule has 10 heteroatoms. The lowest BCUT2D eigenvalue weighted by atomic mass is 9.55. The zero-order chi connectivity index (χ0) is 31.0. The largest absolute Gasteiger partial charge is 0.426 e. The molecule has 10 nitrogen and oxygen atoms in total. The van der Waals surface area contributed by atoms with Crippen molar-refractivity contribution in [3.8, 4) is 5.75 Å². The molecule has 3 atom stereocenters. The molecule has 0 radical (unpaired) electrons. The number of benzene rings is 4. The maximum atomic E-state index is 14.0. The van der Waals surface area contributed by atoms with Crippen molar-refractivity contribution in [3.05, 3.63) is 129 Å². The zero-order valence-electron chi connectivity index (χ0n) is 23.7. The molecule has 222 valence electrons. The van der Waals surface area contributed by atoms with Crippen LogP contribution in [0.2, 0.25) is 0 Å². The molecular formula is C35H25N3O7. The molecule has 0 saturated carbocycles. The molecule has 0 unspecified atom stereocenters. The highest BCUT2D eigenvalue weighted by molar-refractivity contribution is 6.23. The summed E-state index contributed by atoms with van der Waals surface area (Å²) >= 11 is 0. The van der Waals surface area contributed by atoms with E-state index >= 15 is 0 Å². The van der Waals surface area contributed by atoms with E-state index in [2.05, 4.69) is 24.3 Å². The van der Waals surface area contributed by atoms with Gasteiger partial charge in [0.05, 0.1) is 28.4 Å². The van der Waals surface area contributed by atoms with Crippen molar-refractivity contribution in [1.29, 1.82) is 0 Å². The number of carbonyl (C=O) groups excluding carboxylic acids is 4. The first-order valence-electron chi connectivity index (χ1n) is 14.7. The van der Waals surface area contributed by atoms with Crippen LogP contribution in [0.1, 0.15) is 40.5 Å². The van der Waals surface area contributed by atoms with Crippen LogP contribution >= 0.6 is 0 Å². The van der Waals surface area contributed by atoms with Crippen LogP contribution in [0.3, 0.4) is 0 Å². The minimum Gasteiger partial charge on any atom is -0.426 e. The van der Waals surface area contributed by atoms with Crippen LogP contribution in [0, 0.1) is 27.9 Å². The summed E-state index contributed by atoms with van der Waals surface area (Å²) < 4.78 is 5.58. The van der Waals surface area contributed by atoms with E-state index in [-0.39, 0.29) is 54.0 Å². The van der Waals surface area contributed by atoms with Crippen LogP contribution in [0.25, 0.3) is 0 Å². The molecule has 45 heavy (non-hydrogen) atoms. The highest BCUT2D eigenvalue weighted by Gasteiger charge is 2.61. The minimum atomic E-state index is -0.726. The van der Waals surface area contributed by atoms with E-state index in [9.17, 15) is 29.3 Å². The maximum Gasteiger partial charge on any atom is 0.316 e. The Bertz CT molecular complexity index is 1820. The van der Waals surface area contributed by atoms with E-state index in [1.165, 1.54) is 34.1 Å². The summed E-state index contributed by atoms with van der Waals surface area (Å²) in [5.41, 5.74) is 5.19. The van der Waals surface area contributed by atoms with Gasteiger partial charge in [-0.1, -0.05) is 48.5 Å². The lowest BCUT2D eigenvalue weighted by Crippen LogP contribution is -2.41. The average molecular weight is 600 g/mol. The van der Waals surface area contributed by atoms with E-state index < -0.39 is 28.6 Å². The second kappa shape index (κ2) is 9.95. The zero-order valence-corrected chi connectivity index (χ0v) is 23.7. The third-order valence-corrected chi connectivity index (χ3v) is 9.59. The number of rotatable bonds is 5. The Labute approximate surface area is 257 Å². The Balaban J connectivity index is 0.997. The average Bonchev–Trinajstić information content (AvgIpc) is 3.58. The number of amides is 3. The molecule has 0 spiro atoms. The number of hydrogen-bond donors (Lipinski definition) is 0. The summed E-state index contributed by atoms with van der Waals surface area (Å²) in [6.45, 7) is 0.0836. The normalized spacial score (nSPS) is 24.4. The van der Waals surface area contributed by atoms with Crippen molar-refractivity contribution in [2.75, 3.05) is 16.3 Å². The fourth-order valence-corrected chi connectivity index (χ4v) is 7.66. The summed E-state index contributed by atoms with van der Waals surface area (Å²) in [4.78, 5) is 66.7. The van der Waals surface area contributed by atoms with Crippen LogP contribution in [-0.2, 0) is 19.2 Å². The third kappa shape index (κ3) is 4.02. The molecule has 0 N–H and O–H groups in total. The summed E-state index contributed by atoms with van der Waals surface area (Å²) in [6, 6.07) is 28.0. The Morgan fingerprint density at radius 1 is 0.711 bits per heavy atom. The lowest BCUT2D eigenvalue weighted by molar-refractivity contribution is -0.384. The Kier molecular flexibility index (Phi) is 5.96. The van der Waals surface area contributed by atoms with Gasteiger partial charge in [-0.25, -0.2) is 4.90 Å². The topological polar surface area (TPSA) is 127 Å². The van der Waals surface area contributed by atoms with E-state index in [0.29, 0.717) is 11.4 Å². The van der Waals surface area contributed by atoms with Gasteiger partial charge in [0.2, 0.25) is 17.7 Å². The highest BCUT2D eigenvalue weighted by Crippen LogP contribution is 2.61. The van der Waals surface area contributed by atoms with E-state index in [0.717, 1.165) is 22.3 Å². The second-order valence-corrected chi connectivity index (χ2v) is 11.9. The molecule has 2 fully saturated rings. The standard InChI is InChI=1S/C35H25N3O7/c39-28-17-19(18-36(28)20-9-11-22(12-10-20)38(43)44)35(42)45-23-15-13-21(14-16-23)37-33(40)31-29-24-5-1-2-6-25(24)30(32(31)34(37)41)27-8-4-3-7-26(27)29/h1-16,19,29-32H,17-18H2/t19-,29?,30?,31-,32+/m0/s1. The summed E-state index contributed by atoms with van der Waals surface area (Å²) in [5, 5.41) is 10.9. The predicted octanol–water partition coefficient (Wildman–Crippen LogP) is 4.95. The Morgan fingerprint density at radius 2 is 1.20 bits per heavy atom. The smallest absolute Gasteiger partial charge is 0.316 e. The van der Waals surface area contributed by atoms with E-state index in [1.807, 2.05) is 24.3 Å². The Morgan fingerprint density at radius 3 is 1.69 bits per heavy atom. The molecule has 2 heterocycles. The van der Waals surface area contributed by atoms with E-state index in [1.54, 1.807) is 24.3 Å². The quantitative estimate of drug-likeness (QED) is 0.104. The van der Waals surface area contributed by atoms with E-state index in [4.69, 9.17) is 4.74 Å². The SMILES string of the molecule is O=C(Oc1ccc(N2C(=O)[C@@H]3C4c5ccccc5C(c5ccccc54)[C@@H]3C2=O)cc1)[C@H]1CC(=O)N(c2ccc([N+](=O)[O-])cc2)C1. The third-order valence-electron chi connectivity index (χ3n) is 9.59. The number of esters is 1. The molecule has 3 amide bonds. The highest BCUT2D eigenvalue weighted by atomic mass is 16.6. The van der Waals surface area contributed by atoms with Crippen molar-refractivity contribution in [2.24, 2.45) is 17.8 Å². The van der Waals surface area contributed by atoms with Gasteiger partial charge in [-0.15, -0.1) is 0 Å². The molecule has 0 aromatic heterocycles. The molecule has 5 aliphatic rings. The van der Waals surface area contributed by atoms with Crippen LogP contribution < -0.4 is 14.5 Å². The molecule has 2 aliphatic heterocycles. The number of nitro benzene ring substituents is 1.